The lowest BCUT2D eigenvalue weighted by Gasteiger charge is -2.05. The quantitative estimate of drug-likeness (QED) is 0.752. The van der Waals surface area contributed by atoms with Crippen molar-refractivity contribution in [3.05, 3.63) is 35.4 Å². The van der Waals surface area contributed by atoms with Crippen molar-refractivity contribution in [2.24, 2.45) is 5.73 Å². The van der Waals surface area contributed by atoms with Gasteiger partial charge in [0.25, 0.3) is 0 Å². The summed E-state index contributed by atoms with van der Waals surface area (Å²) in [5.74, 6) is -0.0923. The molecular formula is C10H13N3O2S. The van der Waals surface area contributed by atoms with E-state index in [4.69, 9.17) is 11.0 Å². The molecule has 3 N–H and O–H groups in total. The first-order chi connectivity index (χ1) is 7.57. The Balaban J connectivity index is 2.65. The van der Waals surface area contributed by atoms with Crippen molar-refractivity contribution in [2.45, 2.75) is 6.54 Å². The highest BCUT2D eigenvalue weighted by Crippen LogP contribution is 2.04. The zero-order valence-electron chi connectivity index (χ0n) is 8.68. The van der Waals surface area contributed by atoms with Gasteiger partial charge in [-0.05, 0) is 17.7 Å². The van der Waals surface area contributed by atoms with Crippen LogP contribution in [0.25, 0.3) is 0 Å². The van der Waals surface area contributed by atoms with E-state index < -0.39 is 10.0 Å². The number of nitrogens with two attached hydrogens (primary N) is 1. The van der Waals surface area contributed by atoms with Gasteiger partial charge in [-0.1, -0.05) is 12.1 Å². The van der Waals surface area contributed by atoms with Crippen molar-refractivity contribution >= 4 is 10.0 Å². The molecule has 0 spiro atoms. The Kier molecular flexibility index (Phi) is 4.43. The molecule has 86 valence electrons. The first-order valence-electron chi connectivity index (χ1n) is 4.74. The van der Waals surface area contributed by atoms with Crippen molar-refractivity contribution in [3.63, 3.8) is 0 Å². The highest BCUT2D eigenvalue weighted by molar-refractivity contribution is 7.89. The van der Waals surface area contributed by atoms with E-state index in [9.17, 15) is 8.42 Å². The van der Waals surface area contributed by atoms with Crippen molar-refractivity contribution in [1.29, 1.82) is 5.26 Å². The van der Waals surface area contributed by atoms with Crippen LogP contribution in [0.15, 0.2) is 24.3 Å². The lowest BCUT2D eigenvalue weighted by molar-refractivity contribution is 0.581. The number of nitriles is 1. The molecular weight excluding hydrogens is 226 g/mol. The summed E-state index contributed by atoms with van der Waals surface area (Å²) < 4.78 is 25.0. The smallest absolute Gasteiger partial charge is 0.213 e. The normalized spacial score (nSPS) is 11.0. The Labute approximate surface area is 94.9 Å². The predicted octanol–water partition coefficient (Wildman–Crippen LogP) is -0.0636. The molecule has 0 heterocycles. The van der Waals surface area contributed by atoms with Crippen LogP contribution in [0.3, 0.4) is 0 Å². The molecule has 1 aromatic rings. The molecule has 16 heavy (non-hydrogen) atoms. The maximum absolute atomic E-state index is 11.3. The Morgan fingerprint density at radius 3 is 2.81 bits per heavy atom. The van der Waals surface area contributed by atoms with E-state index in [0.717, 1.165) is 5.56 Å². The highest BCUT2D eigenvalue weighted by atomic mass is 32.2. The SMILES string of the molecule is N#Cc1cccc(CNS(=O)(=O)CCN)c1. The Morgan fingerprint density at radius 2 is 2.19 bits per heavy atom. The molecule has 0 saturated heterocycles. The van der Waals surface area contributed by atoms with E-state index >= 15 is 0 Å². The predicted molar refractivity (Wildman–Crippen MR) is 60.8 cm³/mol. The lowest BCUT2D eigenvalue weighted by Crippen LogP contribution is -2.29. The summed E-state index contributed by atoms with van der Waals surface area (Å²) in [5.41, 5.74) is 6.43. The number of sulfonamides is 1. The van der Waals surface area contributed by atoms with E-state index in [-0.39, 0.29) is 18.8 Å². The second-order valence-electron chi connectivity index (χ2n) is 3.24. The molecule has 5 nitrogen and oxygen atoms in total. The fourth-order valence-electron chi connectivity index (χ4n) is 1.17. The molecule has 1 aromatic carbocycles. The van der Waals surface area contributed by atoms with Crippen LogP contribution in [-0.4, -0.2) is 20.7 Å². The van der Waals surface area contributed by atoms with Gasteiger partial charge in [0.1, 0.15) is 0 Å². The molecule has 6 heteroatoms. The molecule has 0 aliphatic rings. The summed E-state index contributed by atoms with van der Waals surface area (Å²) in [4.78, 5) is 0. The second kappa shape index (κ2) is 5.61. The van der Waals surface area contributed by atoms with E-state index in [1.165, 1.54) is 0 Å². The van der Waals surface area contributed by atoms with Crippen LogP contribution in [0.1, 0.15) is 11.1 Å². The van der Waals surface area contributed by atoms with Gasteiger partial charge in [0.2, 0.25) is 10.0 Å². The van der Waals surface area contributed by atoms with E-state index in [2.05, 4.69) is 4.72 Å². The summed E-state index contributed by atoms with van der Waals surface area (Å²) in [7, 11) is -3.31. The summed E-state index contributed by atoms with van der Waals surface area (Å²) in [5, 5.41) is 8.67. The number of hydrogen-bond acceptors (Lipinski definition) is 4. The van der Waals surface area contributed by atoms with Crippen LogP contribution < -0.4 is 10.5 Å². The van der Waals surface area contributed by atoms with Gasteiger partial charge >= 0.3 is 0 Å². The van der Waals surface area contributed by atoms with Gasteiger partial charge in [-0.2, -0.15) is 5.26 Å². The minimum Gasteiger partial charge on any atom is -0.329 e. The first-order valence-corrected chi connectivity index (χ1v) is 6.39. The Bertz CT molecular complexity index is 491. The third-order valence-electron chi connectivity index (χ3n) is 1.94. The molecule has 0 aromatic heterocycles. The molecule has 0 unspecified atom stereocenters. The zero-order chi connectivity index (χ0) is 12.0. The van der Waals surface area contributed by atoms with E-state index in [0.29, 0.717) is 5.56 Å². The van der Waals surface area contributed by atoms with Crippen LogP contribution in [0.5, 0.6) is 0 Å². The van der Waals surface area contributed by atoms with Crippen LogP contribution in [0.2, 0.25) is 0 Å². The standard InChI is InChI=1S/C10H13N3O2S/c11-4-5-16(14,15)13-8-10-3-1-2-9(6-10)7-12/h1-3,6,13H,4-5,8,11H2. The lowest BCUT2D eigenvalue weighted by atomic mass is 10.1. The third-order valence-corrected chi connectivity index (χ3v) is 3.30. The molecule has 0 bridgehead atoms. The minimum atomic E-state index is -3.31. The van der Waals surface area contributed by atoms with Crippen molar-refractivity contribution < 1.29 is 8.42 Å². The van der Waals surface area contributed by atoms with Crippen LogP contribution in [0, 0.1) is 11.3 Å². The van der Waals surface area contributed by atoms with Gasteiger partial charge in [-0.15, -0.1) is 0 Å². The average molecular weight is 239 g/mol. The molecule has 0 fully saturated rings. The van der Waals surface area contributed by atoms with E-state index in [1.807, 2.05) is 6.07 Å². The Hall–Kier alpha value is -1.42. The number of nitrogens with zero attached hydrogens (tertiary/aromatic N) is 1. The number of rotatable bonds is 5. The van der Waals surface area contributed by atoms with Crippen molar-refractivity contribution in [2.75, 3.05) is 12.3 Å². The first kappa shape index (κ1) is 12.6. The molecule has 1 rings (SSSR count). The molecule has 0 radical (unpaired) electrons. The van der Waals surface area contributed by atoms with Crippen LogP contribution >= 0.6 is 0 Å². The molecule has 0 amide bonds. The largest absolute Gasteiger partial charge is 0.329 e. The van der Waals surface area contributed by atoms with Gasteiger partial charge < -0.3 is 5.73 Å². The molecule has 0 atom stereocenters. The van der Waals surface area contributed by atoms with Gasteiger partial charge in [-0.3, -0.25) is 0 Å². The van der Waals surface area contributed by atoms with Gasteiger partial charge in [-0.25, -0.2) is 13.1 Å². The highest BCUT2D eigenvalue weighted by Gasteiger charge is 2.07. The van der Waals surface area contributed by atoms with Crippen molar-refractivity contribution in [3.8, 4) is 6.07 Å². The molecule has 0 aliphatic heterocycles. The third kappa shape index (κ3) is 3.98. The number of hydrogen-bond donors (Lipinski definition) is 2. The van der Waals surface area contributed by atoms with Gasteiger partial charge in [0.15, 0.2) is 0 Å². The monoisotopic (exact) mass is 239 g/mol. The van der Waals surface area contributed by atoms with Gasteiger partial charge in [0, 0.05) is 13.1 Å². The van der Waals surface area contributed by atoms with E-state index in [1.54, 1.807) is 24.3 Å². The zero-order valence-corrected chi connectivity index (χ0v) is 9.50. The fraction of sp³-hybridized carbons (Fsp3) is 0.300. The topological polar surface area (TPSA) is 96.0 Å². The molecule has 0 aliphatic carbocycles. The average Bonchev–Trinajstić information content (AvgIpc) is 2.27. The summed E-state index contributed by atoms with van der Waals surface area (Å²) in [6, 6.07) is 8.77. The maximum atomic E-state index is 11.3. The summed E-state index contributed by atoms with van der Waals surface area (Å²) in [6.07, 6.45) is 0. The summed E-state index contributed by atoms with van der Waals surface area (Å²) in [6.45, 7) is 0.269. The summed E-state index contributed by atoms with van der Waals surface area (Å²) >= 11 is 0. The molecule has 0 saturated carbocycles. The number of nitrogens with one attached hydrogen (secondary N) is 1. The van der Waals surface area contributed by atoms with Crippen LogP contribution in [-0.2, 0) is 16.6 Å². The second-order valence-corrected chi connectivity index (χ2v) is 5.17. The van der Waals surface area contributed by atoms with Crippen LogP contribution in [0.4, 0.5) is 0 Å². The number of benzene rings is 1. The Morgan fingerprint density at radius 1 is 1.44 bits per heavy atom. The van der Waals surface area contributed by atoms with Gasteiger partial charge in [0.05, 0.1) is 17.4 Å². The van der Waals surface area contributed by atoms with Crippen molar-refractivity contribution in [1.82, 2.24) is 4.72 Å². The minimum absolute atomic E-state index is 0.0908. The maximum Gasteiger partial charge on any atom is 0.213 e. The fourth-order valence-corrected chi connectivity index (χ4v) is 2.01.